The van der Waals surface area contributed by atoms with Crippen molar-refractivity contribution >= 4 is 22.4 Å². The molecular formula is C14H16N2O2S. The van der Waals surface area contributed by atoms with Crippen molar-refractivity contribution in [1.29, 1.82) is 0 Å². The van der Waals surface area contributed by atoms with Crippen LogP contribution in [0.15, 0.2) is 29.6 Å². The van der Waals surface area contributed by atoms with Crippen LogP contribution in [0.1, 0.15) is 16.8 Å². The third-order valence-electron chi connectivity index (χ3n) is 2.74. The number of aryl methyl sites for hydroxylation is 1. The van der Waals surface area contributed by atoms with Gasteiger partial charge in [0.2, 0.25) is 0 Å². The maximum absolute atomic E-state index is 10.6. The van der Waals surface area contributed by atoms with Crippen molar-refractivity contribution in [2.24, 2.45) is 0 Å². The quantitative estimate of drug-likeness (QED) is 0.912. The number of rotatable bonds is 5. The van der Waals surface area contributed by atoms with Crippen molar-refractivity contribution in [1.82, 2.24) is 4.98 Å². The SMILES string of the molecule is Cc1ccc(CN(C)c2nc(CC(=O)O)cs2)cc1. The van der Waals surface area contributed by atoms with Crippen molar-refractivity contribution in [3.05, 3.63) is 46.5 Å². The molecule has 0 bridgehead atoms. The van der Waals surface area contributed by atoms with E-state index in [9.17, 15) is 4.79 Å². The molecule has 5 heteroatoms. The number of anilines is 1. The van der Waals surface area contributed by atoms with Crippen LogP contribution < -0.4 is 4.90 Å². The summed E-state index contributed by atoms with van der Waals surface area (Å²) in [6, 6.07) is 8.36. The summed E-state index contributed by atoms with van der Waals surface area (Å²) >= 11 is 1.47. The molecular weight excluding hydrogens is 260 g/mol. The van der Waals surface area contributed by atoms with Gasteiger partial charge in [-0.2, -0.15) is 0 Å². The fraction of sp³-hybridized carbons (Fsp3) is 0.286. The number of carboxylic acids is 1. The first-order valence-corrected chi connectivity index (χ1v) is 6.85. The van der Waals surface area contributed by atoms with E-state index in [1.54, 1.807) is 5.38 Å². The van der Waals surface area contributed by atoms with Crippen LogP contribution in [-0.4, -0.2) is 23.1 Å². The normalized spacial score (nSPS) is 10.4. The zero-order valence-electron chi connectivity index (χ0n) is 11.0. The van der Waals surface area contributed by atoms with Crippen LogP contribution >= 0.6 is 11.3 Å². The van der Waals surface area contributed by atoms with E-state index in [-0.39, 0.29) is 6.42 Å². The van der Waals surface area contributed by atoms with Crippen LogP contribution in [-0.2, 0) is 17.8 Å². The van der Waals surface area contributed by atoms with Gasteiger partial charge in [0.1, 0.15) is 0 Å². The lowest BCUT2D eigenvalue weighted by Gasteiger charge is -2.15. The van der Waals surface area contributed by atoms with Crippen molar-refractivity contribution in [3.63, 3.8) is 0 Å². The van der Waals surface area contributed by atoms with Crippen LogP contribution in [0.2, 0.25) is 0 Å². The van der Waals surface area contributed by atoms with E-state index in [0.29, 0.717) is 5.69 Å². The zero-order chi connectivity index (χ0) is 13.8. The van der Waals surface area contributed by atoms with E-state index in [1.807, 2.05) is 11.9 Å². The van der Waals surface area contributed by atoms with E-state index in [1.165, 1.54) is 22.5 Å². The highest BCUT2D eigenvalue weighted by atomic mass is 32.1. The second kappa shape index (κ2) is 5.84. The summed E-state index contributed by atoms with van der Waals surface area (Å²) in [4.78, 5) is 17.0. The maximum Gasteiger partial charge on any atom is 0.309 e. The molecule has 0 atom stereocenters. The molecule has 1 N–H and O–H groups in total. The monoisotopic (exact) mass is 276 g/mol. The Kier molecular flexibility index (Phi) is 4.16. The largest absolute Gasteiger partial charge is 0.481 e. The van der Waals surface area contributed by atoms with E-state index < -0.39 is 5.97 Å². The van der Waals surface area contributed by atoms with Crippen LogP contribution in [0.4, 0.5) is 5.13 Å². The van der Waals surface area contributed by atoms with Gasteiger partial charge < -0.3 is 10.0 Å². The highest BCUT2D eigenvalue weighted by molar-refractivity contribution is 7.13. The first-order chi connectivity index (χ1) is 9.04. The van der Waals surface area contributed by atoms with Crippen LogP contribution in [0.3, 0.4) is 0 Å². The fourth-order valence-corrected chi connectivity index (χ4v) is 2.53. The van der Waals surface area contributed by atoms with Crippen molar-refractivity contribution in [3.8, 4) is 0 Å². The molecule has 1 heterocycles. The molecule has 0 aliphatic heterocycles. The Morgan fingerprint density at radius 2 is 2.05 bits per heavy atom. The molecule has 0 radical (unpaired) electrons. The van der Waals surface area contributed by atoms with Gasteiger partial charge in [0.05, 0.1) is 12.1 Å². The summed E-state index contributed by atoms with van der Waals surface area (Å²) in [5, 5.41) is 11.4. The lowest BCUT2D eigenvalue weighted by atomic mass is 10.1. The average molecular weight is 276 g/mol. The summed E-state index contributed by atoms with van der Waals surface area (Å²) in [6.45, 7) is 2.83. The number of carboxylic acid groups (broad SMARTS) is 1. The molecule has 0 amide bonds. The molecule has 2 aromatic rings. The molecule has 0 saturated carbocycles. The zero-order valence-corrected chi connectivity index (χ0v) is 11.8. The minimum absolute atomic E-state index is 0.0190. The van der Waals surface area contributed by atoms with E-state index in [0.717, 1.165) is 11.7 Å². The molecule has 2 rings (SSSR count). The third-order valence-corrected chi connectivity index (χ3v) is 3.74. The minimum Gasteiger partial charge on any atom is -0.481 e. The first kappa shape index (κ1) is 13.5. The van der Waals surface area contributed by atoms with Crippen LogP contribution in [0.5, 0.6) is 0 Å². The second-order valence-electron chi connectivity index (χ2n) is 4.53. The lowest BCUT2D eigenvalue weighted by Crippen LogP contribution is -2.16. The van der Waals surface area contributed by atoms with Gasteiger partial charge in [0.15, 0.2) is 5.13 Å². The molecule has 1 aromatic heterocycles. The van der Waals surface area contributed by atoms with Gasteiger partial charge >= 0.3 is 5.97 Å². The van der Waals surface area contributed by atoms with Gasteiger partial charge in [-0.05, 0) is 12.5 Å². The smallest absolute Gasteiger partial charge is 0.309 e. The highest BCUT2D eigenvalue weighted by Crippen LogP contribution is 2.21. The molecule has 19 heavy (non-hydrogen) atoms. The van der Waals surface area contributed by atoms with Crippen molar-refractivity contribution in [2.45, 2.75) is 19.9 Å². The summed E-state index contributed by atoms with van der Waals surface area (Å²) < 4.78 is 0. The number of aliphatic carboxylic acids is 1. The second-order valence-corrected chi connectivity index (χ2v) is 5.37. The van der Waals surface area contributed by atoms with Crippen molar-refractivity contribution in [2.75, 3.05) is 11.9 Å². The number of aromatic nitrogens is 1. The molecule has 0 aliphatic carbocycles. The number of carbonyl (C=O) groups is 1. The van der Waals surface area contributed by atoms with Gasteiger partial charge in [-0.25, -0.2) is 4.98 Å². The molecule has 100 valence electrons. The third kappa shape index (κ3) is 3.79. The Bertz CT molecular complexity index is 563. The molecule has 1 aromatic carbocycles. The van der Waals surface area contributed by atoms with E-state index >= 15 is 0 Å². The number of nitrogens with zero attached hydrogens (tertiary/aromatic N) is 2. The molecule has 0 fully saturated rings. The van der Waals surface area contributed by atoms with Gasteiger partial charge in [-0.15, -0.1) is 11.3 Å². The predicted molar refractivity (Wildman–Crippen MR) is 76.7 cm³/mol. The molecule has 0 saturated heterocycles. The highest BCUT2D eigenvalue weighted by Gasteiger charge is 2.09. The standard InChI is InChI=1S/C14H16N2O2S/c1-10-3-5-11(6-4-10)8-16(2)14-15-12(9-19-14)7-13(17)18/h3-6,9H,7-8H2,1-2H3,(H,17,18). The van der Waals surface area contributed by atoms with Crippen LogP contribution in [0.25, 0.3) is 0 Å². The number of benzene rings is 1. The number of hydrogen-bond acceptors (Lipinski definition) is 4. The Morgan fingerprint density at radius 3 is 2.68 bits per heavy atom. The Hall–Kier alpha value is -1.88. The van der Waals surface area contributed by atoms with E-state index in [4.69, 9.17) is 5.11 Å². The fourth-order valence-electron chi connectivity index (χ4n) is 1.74. The van der Waals surface area contributed by atoms with Gasteiger partial charge in [-0.1, -0.05) is 29.8 Å². The Labute approximate surface area is 116 Å². The Balaban J connectivity index is 2.03. The van der Waals surface area contributed by atoms with E-state index in [2.05, 4.69) is 36.2 Å². The minimum atomic E-state index is -0.849. The van der Waals surface area contributed by atoms with Gasteiger partial charge in [-0.3, -0.25) is 4.79 Å². The summed E-state index contributed by atoms with van der Waals surface area (Å²) in [5.74, 6) is -0.849. The average Bonchev–Trinajstić information content (AvgIpc) is 2.80. The molecule has 0 unspecified atom stereocenters. The van der Waals surface area contributed by atoms with Gasteiger partial charge in [0, 0.05) is 19.0 Å². The predicted octanol–water partition coefficient (Wildman–Crippen LogP) is 2.72. The topological polar surface area (TPSA) is 53.4 Å². The lowest BCUT2D eigenvalue weighted by molar-refractivity contribution is -0.136. The number of hydrogen-bond donors (Lipinski definition) is 1. The first-order valence-electron chi connectivity index (χ1n) is 5.97. The molecule has 0 spiro atoms. The molecule has 4 nitrogen and oxygen atoms in total. The number of thiazole rings is 1. The summed E-state index contributed by atoms with van der Waals surface area (Å²) in [5.41, 5.74) is 3.07. The summed E-state index contributed by atoms with van der Waals surface area (Å²) in [6.07, 6.45) is -0.0190. The maximum atomic E-state index is 10.6. The summed E-state index contributed by atoms with van der Waals surface area (Å²) in [7, 11) is 1.96. The molecule has 0 aliphatic rings. The van der Waals surface area contributed by atoms with Gasteiger partial charge in [0.25, 0.3) is 0 Å². The Morgan fingerprint density at radius 1 is 1.37 bits per heavy atom. The van der Waals surface area contributed by atoms with Crippen molar-refractivity contribution < 1.29 is 9.90 Å². The van der Waals surface area contributed by atoms with Crippen LogP contribution in [0, 0.1) is 6.92 Å².